The molecule has 26 heavy (non-hydrogen) atoms. The molecule has 2 aliphatic rings. The molecule has 1 amide bonds. The summed E-state index contributed by atoms with van der Waals surface area (Å²) in [4.78, 5) is 27.7. The van der Waals surface area contributed by atoms with Gasteiger partial charge in [-0.1, -0.05) is 0 Å². The smallest absolute Gasteiger partial charge is 0.222 e. The van der Waals surface area contributed by atoms with Gasteiger partial charge in [-0.25, -0.2) is 4.39 Å². The Morgan fingerprint density at radius 3 is 2.46 bits per heavy atom. The molecule has 0 aromatic heterocycles. The summed E-state index contributed by atoms with van der Waals surface area (Å²) < 4.78 is 14.3. The highest BCUT2D eigenvalue weighted by molar-refractivity contribution is 5.94. The number of carbonyl (C=O) groups is 2. The average molecular weight is 361 g/mol. The minimum absolute atomic E-state index is 0.139. The fraction of sp³-hybridized carbons (Fsp3) is 0.600. The van der Waals surface area contributed by atoms with E-state index >= 15 is 0 Å². The molecule has 2 fully saturated rings. The van der Waals surface area contributed by atoms with E-state index in [9.17, 15) is 14.0 Å². The Kier molecular flexibility index (Phi) is 6.25. The first-order valence-corrected chi connectivity index (χ1v) is 9.58. The third kappa shape index (κ3) is 4.61. The summed E-state index contributed by atoms with van der Waals surface area (Å²) in [7, 11) is 0. The zero-order chi connectivity index (χ0) is 18.5. The van der Waals surface area contributed by atoms with Gasteiger partial charge in [0.2, 0.25) is 5.91 Å². The van der Waals surface area contributed by atoms with E-state index in [0.717, 1.165) is 32.4 Å². The van der Waals surface area contributed by atoms with Gasteiger partial charge in [-0.15, -0.1) is 0 Å². The maximum absolute atomic E-state index is 14.3. The maximum atomic E-state index is 14.3. The number of rotatable bonds is 5. The van der Waals surface area contributed by atoms with Gasteiger partial charge in [-0.05, 0) is 63.4 Å². The molecule has 2 aliphatic heterocycles. The Morgan fingerprint density at radius 2 is 1.85 bits per heavy atom. The Bertz CT molecular complexity index is 650. The Hall–Kier alpha value is -1.95. The van der Waals surface area contributed by atoms with E-state index in [-0.39, 0.29) is 17.5 Å². The lowest BCUT2D eigenvalue weighted by Gasteiger charge is -2.36. The number of piperidine rings is 1. The van der Waals surface area contributed by atoms with Crippen LogP contribution in [0.15, 0.2) is 18.2 Å². The standard InChI is InChI=1S/C20H28FN3O2/c1-15(25)17-3-4-19(18(21)14-17)23-10-12-24(13-11-23)20(26)5-2-16-6-8-22-9-7-16/h3-4,14,16,22H,2,5-13H2,1H3. The van der Waals surface area contributed by atoms with Crippen LogP contribution < -0.4 is 10.2 Å². The molecule has 0 aliphatic carbocycles. The van der Waals surface area contributed by atoms with E-state index in [1.165, 1.54) is 13.0 Å². The van der Waals surface area contributed by atoms with Crippen LogP contribution in [0.3, 0.4) is 0 Å². The molecule has 3 rings (SSSR count). The van der Waals surface area contributed by atoms with Gasteiger partial charge in [-0.3, -0.25) is 9.59 Å². The highest BCUT2D eigenvalue weighted by Crippen LogP contribution is 2.23. The third-order valence-corrected chi connectivity index (χ3v) is 5.55. The molecule has 142 valence electrons. The number of amides is 1. The van der Waals surface area contributed by atoms with Crippen molar-refractivity contribution >= 4 is 17.4 Å². The molecule has 0 atom stereocenters. The van der Waals surface area contributed by atoms with E-state index in [0.29, 0.717) is 49.8 Å². The van der Waals surface area contributed by atoms with Crippen molar-refractivity contribution in [1.29, 1.82) is 0 Å². The first-order valence-electron chi connectivity index (χ1n) is 9.58. The number of nitrogens with one attached hydrogen (secondary N) is 1. The van der Waals surface area contributed by atoms with Crippen LogP contribution in [0, 0.1) is 11.7 Å². The van der Waals surface area contributed by atoms with Gasteiger partial charge in [0.1, 0.15) is 5.82 Å². The molecule has 0 spiro atoms. The first-order chi connectivity index (χ1) is 12.5. The van der Waals surface area contributed by atoms with Crippen LogP contribution in [-0.4, -0.2) is 55.9 Å². The lowest BCUT2D eigenvalue weighted by molar-refractivity contribution is -0.131. The lowest BCUT2D eigenvalue weighted by Crippen LogP contribution is -2.49. The fourth-order valence-electron chi connectivity index (χ4n) is 3.84. The minimum Gasteiger partial charge on any atom is -0.366 e. The molecule has 2 heterocycles. The summed E-state index contributed by atoms with van der Waals surface area (Å²) >= 11 is 0. The summed E-state index contributed by atoms with van der Waals surface area (Å²) in [6.07, 6.45) is 3.92. The van der Waals surface area contributed by atoms with Crippen LogP contribution >= 0.6 is 0 Å². The molecule has 1 N–H and O–H groups in total. The number of carbonyl (C=O) groups excluding carboxylic acids is 2. The van der Waals surface area contributed by atoms with Crippen LogP contribution in [0.2, 0.25) is 0 Å². The van der Waals surface area contributed by atoms with Crippen molar-refractivity contribution in [2.75, 3.05) is 44.2 Å². The predicted molar refractivity (Wildman–Crippen MR) is 100 cm³/mol. The molecule has 1 aromatic rings. The van der Waals surface area contributed by atoms with E-state index in [1.54, 1.807) is 12.1 Å². The second-order valence-corrected chi connectivity index (χ2v) is 7.32. The maximum Gasteiger partial charge on any atom is 0.222 e. The van der Waals surface area contributed by atoms with Gasteiger partial charge in [0.15, 0.2) is 5.78 Å². The summed E-state index contributed by atoms with van der Waals surface area (Å²) in [6.45, 7) is 6.04. The minimum atomic E-state index is -0.372. The van der Waals surface area contributed by atoms with Crippen LogP contribution in [0.25, 0.3) is 0 Å². The SMILES string of the molecule is CC(=O)c1ccc(N2CCN(C(=O)CCC3CCNCC3)CC2)c(F)c1. The quantitative estimate of drug-likeness (QED) is 0.819. The molecule has 0 radical (unpaired) electrons. The number of piperazine rings is 1. The predicted octanol–water partition coefficient (Wildman–Crippen LogP) is 2.46. The van der Waals surface area contributed by atoms with E-state index in [2.05, 4.69) is 5.32 Å². The second kappa shape index (κ2) is 8.62. The van der Waals surface area contributed by atoms with Gasteiger partial charge < -0.3 is 15.1 Å². The number of hydrogen-bond acceptors (Lipinski definition) is 4. The lowest BCUT2D eigenvalue weighted by atomic mass is 9.93. The van der Waals surface area contributed by atoms with Crippen molar-refractivity contribution in [1.82, 2.24) is 10.2 Å². The number of halogens is 1. The Morgan fingerprint density at radius 1 is 1.15 bits per heavy atom. The normalized spacial score (nSPS) is 18.8. The zero-order valence-corrected chi connectivity index (χ0v) is 15.5. The Labute approximate surface area is 154 Å². The summed E-state index contributed by atoms with van der Waals surface area (Å²) in [5.74, 6) is 0.369. The number of anilines is 1. The van der Waals surface area contributed by atoms with Crippen molar-refractivity contribution in [2.24, 2.45) is 5.92 Å². The van der Waals surface area contributed by atoms with Crippen molar-refractivity contribution in [3.63, 3.8) is 0 Å². The Balaban J connectivity index is 1.49. The van der Waals surface area contributed by atoms with E-state index < -0.39 is 0 Å². The van der Waals surface area contributed by atoms with Crippen LogP contribution in [0.5, 0.6) is 0 Å². The molecular formula is C20H28FN3O2. The van der Waals surface area contributed by atoms with Crippen LogP contribution in [0.4, 0.5) is 10.1 Å². The summed E-state index contributed by atoms with van der Waals surface area (Å²) in [5, 5.41) is 3.35. The van der Waals surface area contributed by atoms with Gasteiger partial charge in [0, 0.05) is 38.2 Å². The van der Waals surface area contributed by atoms with Gasteiger partial charge in [0.05, 0.1) is 5.69 Å². The third-order valence-electron chi connectivity index (χ3n) is 5.55. The van der Waals surface area contributed by atoms with Gasteiger partial charge in [0.25, 0.3) is 0 Å². The van der Waals surface area contributed by atoms with Crippen LogP contribution in [0.1, 0.15) is 43.0 Å². The number of ketones is 1. The molecule has 6 heteroatoms. The molecule has 0 saturated carbocycles. The largest absolute Gasteiger partial charge is 0.366 e. The van der Waals surface area contributed by atoms with Gasteiger partial charge >= 0.3 is 0 Å². The highest BCUT2D eigenvalue weighted by atomic mass is 19.1. The van der Waals surface area contributed by atoms with Crippen molar-refractivity contribution in [3.8, 4) is 0 Å². The number of hydrogen-bond donors (Lipinski definition) is 1. The topological polar surface area (TPSA) is 52.7 Å². The number of benzene rings is 1. The number of nitrogens with zero attached hydrogens (tertiary/aromatic N) is 2. The molecular weight excluding hydrogens is 333 g/mol. The molecule has 0 unspecified atom stereocenters. The number of Topliss-reactive ketones (excluding diaryl/α,β-unsaturated/α-hetero) is 1. The van der Waals surface area contributed by atoms with Crippen LogP contribution in [-0.2, 0) is 4.79 Å². The summed E-state index contributed by atoms with van der Waals surface area (Å²) in [6, 6.07) is 4.63. The summed E-state index contributed by atoms with van der Waals surface area (Å²) in [5.41, 5.74) is 0.898. The molecule has 2 saturated heterocycles. The first kappa shape index (κ1) is 18.8. The van der Waals surface area contributed by atoms with E-state index in [1.807, 2.05) is 9.80 Å². The molecule has 1 aromatic carbocycles. The van der Waals surface area contributed by atoms with Crippen molar-refractivity contribution in [3.05, 3.63) is 29.6 Å². The molecule has 0 bridgehead atoms. The van der Waals surface area contributed by atoms with Crippen molar-refractivity contribution < 1.29 is 14.0 Å². The molecule has 5 nitrogen and oxygen atoms in total. The average Bonchev–Trinajstić information content (AvgIpc) is 2.67. The fourth-order valence-corrected chi connectivity index (χ4v) is 3.84. The highest BCUT2D eigenvalue weighted by Gasteiger charge is 2.24. The van der Waals surface area contributed by atoms with Crippen molar-refractivity contribution in [2.45, 2.75) is 32.6 Å². The van der Waals surface area contributed by atoms with E-state index in [4.69, 9.17) is 0 Å². The second-order valence-electron chi connectivity index (χ2n) is 7.32. The zero-order valence-electron chi connectivity index (χ0n) is 15.5. The monoisotopic (exact) mass is 361 g/mol. The van der Waals surface area contributed by atoms with Gasteiger partial charge in [-0.2, -0.15) is 0 Å².